The molecule has 1 aromatic rings. The minimum atomic E-state index is -0.193. The molecular weight excluding hydrogens is 208 g/mol. The van der Waals surface area contributed by atoms with Gasteiger partial charge in [0.1, 0.15) is 0 Å². The molecule has 17 heavy (non-hydrogen) atoms. The second-order valence-corrected chi connectivity index (χ2v) is 4.58. The summed E-state index contributed by atoms with van der Waals surface area (Å²) in [6, 6.07) is 7.99. The first-order valence-corrected chi connectivity index (χ1v) is 5.88. The van der Waals surface area contributed by atoms with Crippen LogP contribution in [0.3, 0.4) is 0 Å². The molecule has 1 aliphatic rings. The van der Waals surface area contributed by atoms with Crippen LogP contribution < -0.4 is 5.32 Å². The van der Waals surface area contributed by atoms with Crippen molar-refractivity contribution >= 4 is 11.4 Å². The Morgan fingerprint density at radius 3 is 2.71 bits per heavy atom. The van der Waals surface area contributed by atoms with E-state index in [1.807, 2.05) is 43.5 Å². The SMILES string of the molecule is CNc1ccccc1C(=N)C1(C)C=CC=CC1. The molecule has 1 unspecified atom stereocenters. The van der Waals surface area contributed by atoms with E-state index < -0.39 is 0 Å². The average Bonchev–Trinajstić information content (AvgIpc) is 2.38. The van der Waals surface area contributed by atoms with Gasteiger partial charge >= 0.3 is 0 Å². The Bertz CT molecular complexity index is 485. The molecular formula is C15H18N2. The summed E-state index contributed by atoms with van der Waals surface area (Å²) in [5.41, 5.74) is 2.48. The minimum absolute atomic E-state index is 0.193. The van der Waals surface area contributed by atoms with E-state index in [1.54, 1.807) is 0 Å². The molecule has 0 heterocycles. The summed E-state index contributed by atoms with van der Waals surface area (Å²) in [5, 5.41) is 11.6. The van der Waals surface area contributed by atoms with Crippen LogP contribution in [0, 0.1) is 10.8 Å². The van der Waals surface area contributed by atoms with Gasteiger partial charge in [-0.1, -0.05) is 49.4 Å². The lowest BCUT2D eigenvalue weighted by atomic mass is 9.76. The molecule has 0 radical (unpaired) electrons. The van der Waals surface area contributed by atoms with E-state index in [4.69, 9.17) is 5.41 Å². The summed E-state index contributed by atoms with van der Waals surface area (Å²) in [4.78, 5) is 0. The maximum absolute atomic E-state index is 8.44. The van der Waals surface area contributed by atoms with E-state index in [0.29, 0.717) is 5.71 Å². The van der Waals surface area contributed by atoms with Gasteiger partial charge in [-0.05, 0) is 12.5 Å². The summed E-state index contributed by atoms with van der Waals surface area (Å²) < 4.78 is 0. The maximum Gasteiger partial charge on any atom is 0.0506 e. The van der Waals surface area contributed by atoms with Gasteiger partial charge in [0, 0.05) is 23.7 Å². The highest BCUT2D eigenvalue weighted by Crippen LogP contribution is 2.33. The molecule has 0 saturated heterocycles. The summed E-state index contributed by atoms with van der Waals surface area (Å²) >= 11 is 0. The highest BCUT2D eigenvalue weighted by molar-refractivity contribution is 6.07. The summed E-state index contributed by atoms with van der Waals surface area (Å²) in [6.07, 6.45) is 9.19. The molecule has 0 saturated carbocycles. The van der Waals surface area contributed by atoms with Crippen molar-refractivity contribution in [1.82, 2.24) is 0 Å². The molecule has 1 atom stereocenters. The minimum Gasteiger partial charge on any atom is -0.388 e. The largest absolute Gasteiger partial charge is 0.388 e. The van der Waals surface area contributed by atoms with Crippen molar-refractivity contribution in [3.05, 3.63) is 54.1 Å². The van der Waals surface area contributed by atoms with Crippen LogP contribution in [0.5, 0.6) is 0 Å². The number of para-hydroxylation sites is 1. The number of allylic oxidation sites excluding steroid dienone is 4. The van der Waals surface area contributed by atoms with E-state index in [-0.39, 0.29) is 5.41 Å². The zero-order chi connectivity index (χ0) is 12.3. The van der Waals surface area contributed by atoms with Crippen LogP contribution in [0.15, 0.2) is 48.6 Å². The van der Waals surface area contributed by atoms with Crippen molar-refractivity contribution in [2.24, 2.45) is 5.41 Å². The third-order valence-electron chi connectivity index (χ3n) is 3.29. The van der Waals surface area contributed by atoms with Crippen LogP contribution in [0.25, 0.3) is 0 Å². The summed E-state index contributed by atoms with van der Waals surface area (Å²) in [5.74, 6) is 0. The van der Waals surface area contributed by atoms with Gasteiger partial charge in [-0.3, -0.25) is 0 Å². The van der Waals surface area contributed by atoms with Crippen LogP contribution in [0.2, 0.25) is 0 Å². The van der Waals surface area contributed by atoms with Gasteiger partial charge in [0.2, 0.25) is 0 Å². The smallest absolute Gasteiger partial charge is 0.0506 e. The van der Waals surface area contributed by atoms with Crippen molar-refractivity contribution in [1.29, 1.82) is 5.41 Å². The van der Waals surface area contributed by atoms with Crippen LogP contribution in [0.4, 0.5) is 5.69 Å². The lowest BCUT2D eigenvalue weighted by molar-refractivity contribution is 0.599. The fraction of sp³-hybridized carbons (Fsp3) is 0.267. The second-order valence-electron chi connectivity index (χ2n) is 4.58. The average molecular weight is 226 g/mol. The molecule has 2 rings (SSSR count). The van der Waals surface area contributed by atoms with Gasteiger partial charge in [0.15, 0.2) is 0 Å². The van der Waals surface area contributed by atoms with E-state index >= 15 is 0 Å². The number of hydrogen-bond donors (Lipinski definition) is 2. The quantitative estimate of drug-likeness (QED) is 0.759. The predicted molar refractivity (Wildman–Crippen MR) is 73.8 cm³/mol. The molecule has 2 N–H and O–H groups in total. The molecule has 2 heteroatoms. The van der Waals surface area contributed by atoms with Gasteiger partial charge in [0.25, 0.3) is 0 Å². The zero-order valence-corrected chi connectivity index (χ0v) is 10.3. The molecule has 0 amide bonds. The van der Waals surface area contributed by atoms with Gasteiger partial charge in [-0.25, -0.2) is 0 Å². The van der Waals surface area contributed by atoms with Crippen molar-refractivity contribution < 1.29 is 0 Å². The fourth-order valence-corrected chi connectivity index (χ4v) is 2.14. The number of benzene rings is 1. The molecule has 0 aliphatic heterocycles. The van der Waals surface area contributed by atoms with Gasteiger partial charge in [-0.15, -0.1) is 0 Å². The first kappa shape index (κ1) is 11.6. The van der Waals surface area contributed by atoms with E-state index in [1.165, 1.54) is 0 Å². The Balaban J connectivity index is 2.37. The van der Waals surface area contributed by atoms with Crippen molar-refractivity contribution in [3.63, 3.8) is 0 Å². The van der Waals surface area contributed by atoms with Crippen molar-refractivity contribution in [2.45, 2.75) is 13.3 Å². The van der Waals surface area contributed by atoms with Crippen LogP contribution in [-0.4, -0.2) is 12.8 Å². The highest BCUT2D eigenvalue weighted by Gasteiger charge is 2.28. The van der Waals surface area contributed by atoms with Crippen LogP contribution in [-0.2, 0) is 0 Å². The highest BCUT2D eigenvalue weighted by atomic mass is 14.8. The number of anilines is 1. The molecule has 0 spiro atoms. The Morgan fingerprint density at radius 2 is 2.06 bits per heavy atom. The van der Waals surface area contributed by atoms with Gasteiger partial charge < -0.3 is 10.7 Å². The van der Waals surface area contributed by atoms with Crippen LogP contribution >= 0.6 is 0 Å². The molecule has 1 aromatic carbocycles. The summed E-state index contributed by atoms with van der Waals surface area (Å²) in [6.45, 7) is 2.11. The Hall–Kier alpha value is -1.83. The van der Waals surface area contributed by atoms with Crippen molar-refractivity contribution in [3.8, 4) is 0 Å². The van der Waals surface area contributed by atoms with E-state index in [2.05, 4.69) is 24.4 Å². The first-order chi connectivity index (χ1) is 8.17. The normalized spacial score (nSPS) is 22.5. The number of nitrogens with one attached hydrogen (secondary N) is 2. The predicted octanol–water partition coefficient (Wildman–Crippen LogP) is 3.62. The first-order valence-electron chi connectivity index (χ1n) is 5.88. The molecule has 0 bridgehead atoms. The molecule has 0 aromatic heterocycles. The lowest BCUT2D eigenvalue weighted by Gasteiger charge is -2.28. The number of rotatable bonds is 3. The number of hydrogen-bond acceptors (Lipinski definition) is 2. The lowest BCUT2D eigenvalue weighted by Crippen LogP contribution is -2.26. The standard InChI is InChI=1S/C15H18N2/c1-15(10-6-3-7-11-15)14(16)12-8-4-5-9-13(12)17-2/h3-10,16-17H,11H2,1-2H3. The molecule has 0 fully saturated rings. The zero-order valence-electron chi connectivity index (χ0n) is 10.3. The van der Waals surface area contributed by atoms with E-state index in [9.17, 15) is 0 Å². The fourth-order valence-electron chi connectivity index (χ4n) is 2.14. The second kappa shape index (κ2) is 4.58. The monoisotopic (exact) mass is 226 g/mol. The van der Waals surface area contributed by atoms with Gasteiger partial charge in [0.05, 0.1) is 5.71 Å². The Kier molecular flexibility index (Phi) is 3.14. The molecule has 88 valence electrons. The maximum atomic E-state index is 8.44. The third kappa shape index (κ3) is 2.16. The molecule has 2 nitrogen and oxygen atoms in total. The van der Waals surface area contributed by atoms with Crippen LogP contribution in [0.1, 0.15) is 18.9 Å². The molecule has 1 aliphatic carbocycles. The summed E-state index contributed by atoms with van der Waals surface area (Å²) in [7, 11) is 1.89. The topological polar surface area (TPSA) is 35.9 Å². The Morgan fingerprint density at radius 1 is 1.29 bits per heavy atom. The Labute approximate surface area is 103 Å². The third-order valence-corrected chi connectivity index (χ3v) is 3.29. The van der Waals surface area contributed by atoms with Gasteiger partial charge in [-0.2, -0.15) is 0 Å². The van der Waals surface area contributed by atoms with E-state index in [0.717, 1.165) is 17.7 Å². The van der Waals surface area contributed by atoms with Crippen molar-refractivity contribution in [2.75, 3.05) is 12.4 Å².